The Balaban J connectivity index is 1.80. The largest absolute Gasteiger partial charge is 0.506 e. The number of phenols is 1. The summed E-state index contributed by atoms with van der Waals surface area (Å²) >= 11 is 9.46. The minimum Gasteiger partial charge on any atom is -0.506 e. The standard InChI is InChI=1S/C14H11BrClNO3/c15-9-3-1-2-8(14(9)18)6-17-11-5-13-12(4-10(11)16)19-7-20-13/h1-5,17-18H,6-7H2. The number of fused-ring (bicyclic) bond motifs is 1. The molecule has 0 aliphatic carbocycles. The van der Waals surface area contributed by atoms with Crippen LogP contribution in [-0.2, 0) is 6.54 Å². The molecule has 0 amide bonds. The van der Waals surface area contributed by atoms with Crippen molar-refractivity contribution in [3.05, 3.63) is 45.4 Å². The van der Waals surface area contributed by atoms with Gasteiger partial charge in [-0.2, -0.15) is 0 Å². The van der Waals surface area contributed by atoms with Crippen LogP contribution in [0.4, 0.5) is 5.69 Å². The zero-order valence-electron chi connectivity index (χ0n) is 10.3. The lowest BCUT2D eigenvalue weighted by molar-refractivity contribution is 0.174. The monoisotopic (exact) mass is 355 g/mol. The Kier molecular flexibility index (Phi) is 3.63. The van der Waals surface area contributed by atoms with Crippen LogP contribution in [0.15, 0.2) is 34.8 Å². The van der Waals surface area contributed by atoms with E-state index in [1.807, 2.05) is 12.1 Å². The van der Waals surface area contributed by atoms with Crippen LogP contribution >= 0.6 is 27.5 Å². The highest BCUT2D eigenvalue weighted by molar-refractivity contribution is 9.10. The summed E-state index contributed by atoms with van der Waals surface area (Å²) in [5.74, 6) is 1.53. The normalized spacial score (nSPS) is 12.5. The predicted molar refractivity (Wildman–Crippen MR) is 80.7 cm³/mol. The van der Waals surface area contributed by atoms with E-state index in [9.17, 15) is 5.11 Å². The number of phenolic OH excluding ortho intramolecular Hbond substituents is 1. The topological polar surface area (TPSA) is 50.7 Å². The fourth-order valence-electron chi connectivity index (χ4n) is 1.95. The van der Waals surface area contributed by atoms with Crippen LogP contribution in [0.3, 0.4) is 0 Å². The summed E-state index contributed by atoms with van der Waals surface area (Å²) in [6.07, 6.45) is 0. The molecule has 20 heavy (non-hydrogen) atoms. The number of para-hydroxylation sites is 1. The van der Waals surface area contributed by atoms with Crippen LogP contribution in [-0.4, -0.2) is 11.9 Å². The zero-order valence-corrected chi connectivity index (χ0v) is 12.7. The molecule has 2 aromatic carbocycles. The second kappa shape index (κ2) is 5.42. The predicted octanol–water partition coefficient (Wildman–Crippen LogP) is 4.15. The third kappa shape index (κ3) is 2.51. The van der Waals surface area contributed by atoms with Crippen molar-refractivity contribution in [2.75, 3.05) is 12.1 Å². The van der Waals surface area contributed by atoms with E-state index in [0.29, 0.717) is 27.5 Å². The maximum atomic E-state index is 9.94. The molecular formula is C14H11BrClNO3. The van der Waals surface area contributed by atoms with Crippen molar-refractivity contribution in [2.45, 2.75) is 6.54 Å². The summed E-state index contributed by atoms with van der Waals surface area (Å²) in [7, 11) is 0. The van der Waals surface area contributed by atoms with Gasteiger partial charge in [-0.3, -0.25) is 0 Å². The van der Waals surface area contributed by atoms with Crippen LogP contribution in [0, 0.1) is 0 Å². The van der Waals surface area contributed by atoms with E-state index in [1.54, 1.807) is 18.2 Å². The molecule has 0 saturated carbocycles. The summed E-state index contributed by atoms with van der Waals surface area (Å²) in [5.41, 5.74) is 1.50. The van der Waals surface area contributed by atoms with E-state index in [1.165, 1.54) is 0 Å². The molecule has 0 bridgehead atoms. The van der Waals surface area contributed by atoms with Gasteiger partial charge in [-0.15, -0.1) is 0 Å². The van der Waals surface area contributed by atoms with E-state index >= 15 is 0 Å². The van der Waals surface area contributed by atoms with Crippen molar-refractivity contribution < 1.29 is 14.6 Å². The fourth-order valence-corrected chi connectivity index (χ4v) is 2.57. The van der Waals surface area contributed by atoms with Gasteiger partial charge in [-0.1, -0.05) is 23.7 Å². The van der Waals surface area contributed by atoms with Gasteiger partial charge in [-0.25, -0.2) is 0 Å². The number of halogens is 2. The quantitative estimate of drug-likeness (QED) is 0.867. The Bertz CT molecular complexity index is 663. The average molecular weight is 357 g/mol. The number of aromatic hydroxyl groups is 1. The number of hydrogen-bond donors (Lipinski definition) is 2. The van der Waals surface area contributed by atoms with Gasteiger partial charge in [-0.05, 0) is 22.0 Å². The highest BCUT2D eigenvalue weighted by Crippen LogP contribution is 2.39. The molecule has 0 atom stereocenters. The van der Waals surface area contributed by atoms with Gasteiger partial charge >= 0.3 is 0 Å². The summed E-state index contributed by atoms with van der Waals surface area (Å²) < 4.78 is 11.2. The molecule has 6 heteroatoms. The summed E-state index contributed by atoms with van der Waals surface area (Å²) in [4.78, 5) is 0. The van der Waals surface area contributed by atoms with E-state index in [2.05, 4.69) is 21.2 Å². The first-order valence-corrected chi connectivity index (χ1v) is 7.11. The van der Waals surface area contributed by atoms with Gasteiger partial charge in [0.2, 0.25) is 6.79 Å². The van der Waals surface area contributed by atoms with E-state index in [0.717, 1.165) is 11.3 Å². The molecule has 0 fully saturated rings. The van der Waals surface area contributed by atoms with Crippen molar-refractivity contribution in [3.8, 4) is 17.2 Å². The number of nitrogens with one attached hydrogen (secondary N) is 1. The van der Waals surface area contributed by atoms with E-state index < -0.39 is 0 Å². The molecule has 0 radical (unpaired) electrons. The Morgan fingerprint density at radius 3 is 2.80 bits per heavy atom. The lowest BCUT2D eigenvalue weighted by Gasteiger charge is -2.11. The van der Waals surface area contributed by atoms with Gasteiger partial charge < -0.3 is 19.9 Å². The number of ether oxygens (including phenoxy) is 2. The van der Waals surface area contributed by atoms with Crippen LogP contribution in [0.2, 0.25) is 5.02 Å². The van der Waals surface area contributed by atoms with Crippen LogP contribution in [0.5, 0.6) is 17.2 Å². The summed E-state index contributed by atoms with van der Waals surface area (Å²) in [6, 6.07) is 9.00. The second-order valence-electron chi connectivity index (χ2n) is 4.29. The Labute approximate surface area is 129 Å². The molecule has 0 unspecified atom stereocenters. The molecule has 0 spiro atoms. The Morgan fingerprint density at radius 2 is 2.00 bits per heavy atom. The lowest BCUT2D eigenvalue weighted by atomic mass is 10.2. The molecule has 0 aromatic heterocycles. The van der Waals surface area contributed by atoms with Gasteiger partial charge in [0, 0.05) is 24.2 Å². The Hall–Kier alpha value is -1.59. The fraction of sp³-hybridized carbons (Fsp3) is 0.143. The van der Waals surface area contributed by atoms with Crippen LogP contribution in [0.1, 0.15) is 5.56 Å². The summed E-state index contributed by atoms with van der Waals surface area (Å²) in [6.45, 7) is 0.659. The molecule has 0 saturated heterocycles. The highest BCUT2D eigenvalue weighted by atomic mass is 79.9. The third-order valence-corrected chi connectivity index (χ3v) is 3.95. The molecule has 1 aliphatic heterocycles. The first kappa shape index (κ1) is 13.4. The molecule has 104 valence electrons. The lowest BCUT2D eigenvalue weighted by Crippen LogP contribution is -2.00. The van der Waals surface area contributed by atoms with Crippen LogP contribution in [0.25, 0.3) is 0 Å². The van der Waals surface area contributed by atoms with Crippen molar-refractivity contribution in [1.82, 2.24) is 0 Å². The number of hydrogen-bond acceptors (Lipinski definition) is 4. The average Bonchev–Trinajstić information content (AvgIpc) is 2.87. The number of benzene rings is 2. The van der Waals surface area contributed by atoms with Gasteiger partial charge in [0.1, 0.15) is 5.75 Å². The van der Waals surface area contributed by atoms with Crippen molar-refractivity contribution >= 4 is 33.2 Å². The van der Waals surface area contributed by atoms with Crippen molar-refractivity contribution in [3.63, 3.8) is 0 Å². The third-order valence-electron chi connectivity index (χ3n) is 3.00. The molecule has 2 N–H and O–H groups in total. The van der Waals surface area contributed by atoms with E-state index in [-0.39, 0.29) is 12.5 Å². The second-order valence-corrected chi connectivity index (χ2v) is 5.55. The SMILES string of the molecule is Oc1c(Br)cccc1CNc1cc2c(cc1Cl)OCO2. The first-order chi connectivity index (χ1) is 9.65. The molecule has 1 heterocycles. The van der Waals surface area contributed by atoms with Gasteiger partial charge in [0.25, 0.3) is 0 Å². The van der Waals surface area contributed by atoms with E-state index in [4.69, 9.17) is 21.1 Å². The van der Waals surface area contributed by atoms with Crippen molar-refractivity contribution in [2.24, 2.45) is 0 Å². The minimum absolute atomic E-state index is 0.210. The zero-order chi connectivity index (χ0) is 14.1. The smallest absolute Gasteiger partial charge is 0.231 e. The number of anilines is 1. The first-order valence-electron chi connectivity index (χ1n) is 5.94. The summed E-state index contributed by atoms with van der Waals surface area (Å²) in [5, 5.41) is 13.7. The minimum atomic E-state index is 0.210. The van der Waals surface area contributed by atoms with Gasteiger partial charge in [0.05, 0.1) is 15.2 Å². The van der Waals surface area contributed by atoms with Gasteiger partial charge in [0.15, 0.2) is 11.5 Å². The maximum Gasteiger partial charge on any atom is 0.231 e. The Morgan fingerprint density at radius 1 is 1.25 bits per heavy atom. The highest BCUT2D eigenvalue weighted by Gasteiger charge is 2.16. The van der Waals surface area contributed by atoms with Crippen molar-refractivity contribution in [1.29, 1.82) is 0 Å². The molecule has 2 aromatic rings. The van der Waals surface area contributed by atoms with Crippen LogP contribution < -0.4 is 14.8 Å². The molecular weight excluding hydrogens is 346 g/mol. The molecule has 3 rings (SSSR count). The number of rotatable bonds is 3. The maximum absolute atomic E-state index is 9.94. The molecule has 4 nitrogen and oxygen atoms in total. The molecule has 1 aliphatic rings.